The lowest BCUT2D eigenvalue weighted by Crippen LogP contribution is -2.61. The molecule has 4 atom stereocenters. The Morgan fingerprint density at radius 2 is 1.57 bits per heavy atom. The molecule has 1 aliphatic heterocycles. The van der Waals surface area contributed by atoms with Crippen LogP contribution in [-0.4, -0.2) is 95.1 Å². The van der Waals surface area contributed by atoms with Gasteiger partial charge in [0.2, 0.25) is 17.6 Å². The van der Waals surface area contributed by atoms with E-state index in [2.05, 4.69) is 47.9 Å². The van der Waals surface area contributed by atoms with E-state index in [1.165, 1.54) is 11.8 Å². The summed E-state index contributed by atoms with van der Waals surface area (Å²) in [5, 5.41) is 11.7. The number of nitrogens with two attached hydrogens (primary N) is 1. The van der Waals surface area contributed by atoms with Crippen molar-refractivity contribution in [1.82, 2.24) is 30.5 Å². The van der Waals surface area contributed by atoms with Gasteiger partial charge in [-0.25, -0.2) is 9.10 Å². The molecule has 1 rings (SSSR count). The number of likely N-dealkylation sites (tertiary alicyclic amines) is 1. The SMILES string of the molecule is CC(NC(=O)C1CCCN1C(=O)C(NC(=O)NC(CNCCN(S)C(C)C)C(C)(C)C)C(C)(C)C)C(=O)C(N)=O. The van der Waals surface area contributed by atoms with Crippen molar-refractivity contribution < 1.29 is 24.0 Å². The Balaban J connectivity index is 2.94. The van der Waals surface area contributed by atoms with Crippen molar-refractivity contribution in [3.05, 3.63) is 0 Å². The molecule has 0 spiro atoms. The molecule has 5 amide bonds. The maximum atomic E-state index is 13.7. The second-order valence-corrected chi connectivity index (χ2v) is 13.5. The molecule has 0 radical (unpaired) electrons. The second-order valence-electron chi connectivity index (χ2n) is 12.9. The van der Waals surface area contributed by atoms with Crippen LogP contribution in [0, 0.1) is 10.8 Å². The first-order chi connectivity index (χ1) is 18.3. The minimum Gasteiger partial charge on any atom is -0.363 e. The van der Waals surface area contributed by atoms with Gasteiger partial charge in [0.1, 0.15) is 12.1 Å². The van der Waals surface area contributed by atoms with Crippen LogP contribution >= 0.6 is 12.8 Å². The van der Waals surface area contributed by atoms with E-state index in [0.717, 1.165) is 6.54 Å². The fraction of sp³-hybridized carbons (Fsp3) is 0.815. The average Bonchev–Trinajstić information content (AvgIpc) is 3.31. The molecule has 4 unspecified atom stereocenters. The van der Waals surface area contributed by atoms with Gasteiger partial charge >= 0.3 is 6.03 Å². The number of carbonyl (C=O) groups is 5. The van der Waals surface area contributed by atoms with Crippen LogP contribution in [0.2, 0.25) is 0 Å². The highest BCUT2D eigenvalue weighted by molar-refractivity contribution is 7.77. The Kier molecular flexibility index (Phi) is 13.4. The van der Waals surface area contributed by atoms with Gasteiger partial charge in [0.25, 0.3) is 5.91 Å². The van der Waals surface area contributed by atoms with Gasteiger partial charge in [-0.15, -0.1) is 0 Å². The molecule has 0 bridgehead atoms. The molecule has 13 heteroatoms. The number of amides is 5. The number of hydrogen-bond acceptors (Lipinski definition) is 8. The number of thiol groups is 1. The topological polar surface area (TPSA) is 166 Å². The molecule has 1 fully saturated rings. The summed E-state index contributed by atoms with van der Waals surface area (Å²) in [6.07, 6.45) is 0.986. The van der Waals surface area contributed by atoms with E-state index in [-0.39, 0.29) is 17.4 Å². The average molecular weight is 586 g/mol. The van der Waals surface area contributed by atoms with Crippen molar-refractivity contribution in [2.75, 3.05) is 26.2 Å². The third-order valence-corrected chi connectivity index (χ3v) is 7.70. The fourth-order valence-electron chi connectivity index (χ4n) is 4.31. The van der Waals surface area contributed by atoms with Gasteiger partial charge in [-0.1, -0.05) is 54.4 Å². The lowest BCUT2D eigenvalue weighted by atomic mass is 9.85. The monoisotopic (exact) mass is 585 g/mol. The summed E-state index contributed by atoms with van der Waals surface area (Å²) < 4.78 is 1.93. The van der Waals surface area contributed by atoms with E-state index in [1.54, 1.807) is 0 Å². The molecule has 0 saturated carbocycles. The van der Waals surface area contributed by atoms with Crippen LogP contribution in [0.1, 0.15) is 75.2 Å². The molecule has 12 nitrogen and oxygen atoms in total. The molecule has 1 saturated heterocycles. The number of ketones is 1. The second kappa shape index (κ2) is 15.0. The van der Waals surface area contributed by atoms with E-state index in [4.69, 9.17) is 5.73 Å². The van der Waals surface area contributed by atoms with E-state index in [1.807, 2.05) is 45.8 Å². The van der Waals surface area contributed by atoms with Crippen molar-refractivity contribution in [3.8, 4) is 0 Å². The first kappa shape index (κ1) is 35.6. The molecule has 1 heterocycles. The van der Waals surface area contributed by atoms with Gasteiger partial charge in [-0.05, 0) is 44.4 Å². The predicted molar refractivity (Wildman–Crippen MR) is 158 cm³/mol. The zero-order chi connectivity index (χ0) is 31.0. The van der Waals surface area contributed by atoms with Gasteiger partial charge in [0.15, 0.2) is 0 Å². The van der Waals surface area contributed by atoms with Gasteiger partial charge in [-0.2, -0.15) is 0 Å². The van der Waals surface area contributed by atoms with Gasteiger partial charge in [-0.3, -0.25) is 19.2 Å². The predicted octanol–water partition coefficient (Wildman–Crippen LogP) is 0.810. The lowest BCUT2D eigenvalue weighted by molar-refractivity contribution is -0.143. The number of primary amides is 1. The number of hydrogen-bond donors (Lipinski definition) is 6. The van der Waals surface area contributed by atoms with Crippen molar-refractivity contribution in [3.63, 3.8) is 0 Å². The van der Waals surface area contributed by atoms with E-state index >= 15 is 0 Å². The molecule has 0 aliphatic carbocycles. The summed E-state index contributed by atoms with van der Waals surface area (Å²) in [4.78, 5) is 64.3. The molecular formula is C27H51N7O5S. The Labute approximate surface area is 244 Å². The van der Waals surface area contributed by atoms with Crippen LogP contribution in [0.5, 0.6) is 0 Å². The lowest BCUT2D eigenvalue weighted by Gasteiger charge is -2.37. The maximum absolute atomic E-state index is 13.7. The molecule has 0 aromatic rings. The van der Waals surface area contributed by atoms with Crippen molar-refractivity contribution in [1.29, 1.82) is 0 Å². The van der Waals surface area contributed by atoms with E-state index in [0.29, 0.717) is 38.5 Å². The Hall–Kier alpha value is -2.38. The number of nitrogens with zero attached hydrogens (tertiary/aromatic N) is 2. The number of nitrogens with one attached hydrogen (secondary N) is 4. The zero-order valence-corrected chi connectivity index (χ0v) is 26.5. The highest BCUT2D eigenvalue weighted by atomic mass is 32.1. The Morgan fingerprint density at radius 1 is 0.975 bits per heavy atom. The number of carbonyl (C=O) groups excluding carboxylic acids is 5. The third-order valence-electron chi connectivity index (χ3n) is 7.03. The van der Waals surface area contributed by atoms with Crippen molar-refractivity contribution in [2.24, 2.45) is 16.6 Å². The van der Waals surface area contributed by atoms with Crippen LogP contribution in [0.3, 0.4) is 0 Å². The highest BCUT2D eigenvalue weighted by Crippen LogP contribution is 2.26. The Morgan fingerprint density at radius 3 is 2.08 bits per heavy atom. The fourth-order valence-corrected chi connectivity index (χ4v) is 4.41. The first-order valence-electron chi connectivity index (χ1n) is 13.9. The Bertz CT molecular complexity index is 916. The summed E-state index contributed by atoms with van der Waals surface area (Å²) in [5.41, 5.74) is 4.11. The minimum absolute atomic E-state index is 0.231. The van der Waals surface area contributed by atoms with Gasteiger partial charge in [0.05, 0.1) is 6.04 Å². The van der Waals surface area contributed by atoms with Crippen LogP contribution in [0.4, 0.5) is 4.79 Å². The molecule has 40 heavy (non-hydrogen) atoms. The van der Waals surface area contributed by atoms with E-state index in [9.17, 15) is 24.0 Å². The molecule has 0 aromatic carbocycles. The third kappa shape index (κ3) is 10.9. The normalized spacial score (nSPS) is 18.3. The van der Waals surface area contributed by atoms with Crippen LogP contribution in [0.25, 0.3) is 0 Å². The summed E-state index contributed by atoms with van der Waals surface area (Å²) in [7, 11) is 0. The summed E-state index contributed by atoms with van der Waals surface area (Å²) in [6.45, 7) is 19.4. The van der Waals surface area contributed by atoms with Crippen LogP contribution < -0.4 is 27.0 Å². The van der Waals surface area contributed by atoms with Crippen LogP contribution in [-0.2, 0) is 19.2 Å². The van der Waals surface area contributed by atoms with Crippen LogP contribution in [0.15, 0.2) is 0 Å². The molecule has 0 aromatic heterocycles. The number of urea groups is 1. The van der Waals surface area contributed by atoms with Gasteiger partial charge in [0, 0.05) is 38.3 Å². The summed E-state index contributed by atoms with van der Waals surface area (Å²) in [6, 6.07) is -3.24. The standard InChI is InChI=1S/C27H51N7O5S/c1-16(2)34(40)14-12-29-15-19(26(4,5)6)31-25(39)32-21(27(7,8)9)24(38)33-13-10-11-18(33)23(37)30-17(3)20(35)22(28)36/h16-19,21,29,40H,10-15H2,1-9H3,(H2,28,36)(H,30,37)(H2,31,32,39). The van der Waals surface area contributed by atoms with E-state index < -0.39 is 47.2 Å². The first-order valence-corrected chi connectivity index (χ1v) is 14.3. The summed E-state index contributed by atoms with van der Waals surface area (Å²) >= 11 is 4.45. The quantitative estimate of drug-likeness (QED) is 0.106. The number of Topliss-reactive ketones (excluding diaryl/α,β-unsaturated/α-hetero) is 1. The van der Waals surface area contributed by atoms with Crippen molar-refractivity contribution in [2.45, 2.75) is 105 Å². The molecular weight excluding hydrogens is 534 g/mol. The zero-order valence-electron chi connectivity index (χ0n) is 25.6. The van der Waals surface area contributed by atoms with Gasteiger partial charge < -0.3 is 31.9 Å². The van der Waals surface area contributed by atoms with Crippen molar-refractivity contribution >= 4 is 42.4 Å². The molecule has 230 valence electrons. The molecule has 6 N–H and O–H groups in total. The smallest absolute Gasteiger partial charge is 0.315 e. The number of rotatable bonds is 13. The largest absolute Gasteiger partial charge is 0.363 e. The summed E-state index contributed by atoms with van der Waals surface area (Å²) in [5.74, 6) is -2.98. The minimum atomic E-state index is -1.14. The highest BCUT2D eigenvalue weighted by Gasteiger charge is 2.42. The maximum Gasteiger partial charge on any atom is 0.315 e. The molecule has 1 aliphatic rings.